The van der Waals surface area contributed by atoms with Gasteiger partial charge in [-0.25, -0.2) is 0 Å². The predicted molar refractivity (Wildman–Crippen MR) is 81.8 cm³/mol. The minimum Gasteiger partial charge on any atom is -0.345 e. The Balaban J connectivity index is 1.69. The van der Waals surface area contributed by atoms with E-state index in [1.807, 2.05) is 48.5 Å². The highest BCUT2D eigenvalue weighted by molar-refractivity contribution is 6.31. The van der Waals surface area contributed by atoms with Crippen LogP contribution in [0.5, 0.6) is 0 Å². The minimum atomic E-state index is -0.401. The highest BCUT2D eigenvalue weighted by Gasteiger charge is 2.13. The summed E-state index contributed by atoms with van der Waals surface area (Å²) in [7, 11) is 0. The number of carbonyl (C=O) groups excluding carboxylic acids is 1. The number of benzene rings is 2. The van der Waals surface area contributed by atoms with Gasteiger partial charge in [-0.15, -0.1) is 15.0 Å². The first-order valence-electron chi connectivity index (χ1n) is 6.61. The summed E-state index contributed by atoms with van der Waals surface area (Å²) in [4.78, 5) is 13.4. The summed E-state index contributed by atoms with van der Waals surface area (Å²) in [5.41, 5.74) is 1.56. The van der Waals surface area contributed by atoms with Crippen LogP contribution in [0.25, 0.3) is 5.69 Å². The number of hydrogen-bond donors (Lipinski definition) is 1. The molecule has 0 atom stereocenters. The van der Waals surface area contributed by atoms with Gasteiger partial charge in [0.1, 0.15) is 0 Å². The van der Waals surface area contributed by atoms with Gasteiger partial charge in [-0.3, -0.25) is 4.79 Å². The van der Waals surface area contributed by atoms with Crippen LogP contribution in [0.3, 0.4) is 0 Å². The summed E-state index contributed by atoms with van der Waals surface area (Å²) in [6, 6.07) is 16.6. The van der Waals surface area contributed by atoms with Crippen molar-refractivity contribution in [3.05, 3.63) is 71.0 Å². The molecule has 3 rings (SSSR count). The van der Waals surface area contributed by atoms with Crippen molar-refractivity contribution < 1.29 is 4.79 Å². The summed E-state index contributed by atoms with van der Waals surface area (Å²) >= 11 is 6.04. The number of hydrogen-bond acceptors (Lipinski definition) is 4. The van der Waals surface area contributed by atoms with Crippen molar-refractivity contribution in [2.24, 2.45) is 0 Å². The minimum absolute atomic E-state index is 0.0101. The van der Waals surface area contributed by atoms with Gasteiger partial charge >= 0.3 is 0 Å². The van der Waals surface area contributed by atoms with Crippen LogP contribution < -0.4 is 5.32 Å². The van der Waals surface area contributed by atoms with Gasteiger partial charge in [0.25, 0.3) is 11.7 Å². The van der Waals surface area contributed by atoms with E-state index < -0.39 is 5.91 Å². The Morgan fingerprint density at radius 1 is 1.09 bits per heavy atom. The van der Waals surface area contributed by atoms with Crippen molar-refractivity contribution in [2.45, 2.75) is 6.54 Å². The average Bonchev–Trinajstić information content (AvgIpc) is 3.05. The average molecular weight is 314 g/mol. The predicted octanol–water partition coefficient (Wildman–Crippen LogP) is 2.25. The van der Waals surface area contributed by atoms with Crippen molar-refractivity contribution in [3.63, 3.8) is 0 Å². The molecule has 110 valence electrons. The standard InChI is InChI=1S/C15H12ClN5O/c16-13-9-5-4-6-11(13)10-17-15(22)14-18-20-21(19-14)12-7-2-1-3-8-12/h1-9H,10H2,(H,17,22). The Kier molecular flexibility index (Phi) is 4.11. The molecule has 0 aliphatic rings. The van der Waals surface area contributed by atoms with Crippen LogP contribution in [0.2, 0.25) is 5.02 Å². The molecule has 1 amide bonds. The zero-order valence-corrected chi connectivity index (χ0v) is 12.2. The fourth-order valence-corrected chi connectivity index (χ4v) is 2.07. The zero-order valence-electron chi connectivity index (χ0n) is 11.5. The molecule has 0 bridgehead atoms. The smallest absolute Gasteiger partial charge is 0.293 e. The molecule has 3 aromatic rings. The van der Waals surface area contributed by atoms with Gasteiger partial charge in [-0.2, -0.15) is 0 Å². The topological polar surface area (TPSA) is 72.7 Å². The SMILES string of the molecule is O=C(NCc1ccccc1Cl)c1nnn(-c2ccccc2)n1. The lowest BCUT2D eigenvalue weighted by Crippen LogP contribution is -2.24. The Morgan fingerprint density at radius 2 is 1.82 bits per heavy atom. The second-order valence-electron chi connectivity index (χ2n) is 4.51. The number of amides is 1. The Labute approximate surface area is 131 Å². The fourth-order valence-electron chi connectivity index (χ4n) is 1.87. The highest BCUT2D eigenvalue weighted by Crippen LogP contribution is 2.14. The Hall–Kier alpha value is -2.73. The lowest BCUT2D eigenvalue weighted by Gasteiger charge is -2.04. The van der Waals surface area contributed by atoms with E-state index in [1.54, 1.807) is 6.07 Å². The molecule has 0 aliphatic heterocycles. The summed E-state index contributed by atoms with van der Waals surface area (Å²) in [5.74, 6) is -0.391. The molecule has 0 saturated carbocycles. The van der Waals surface area contributed by atoms with Crippen molar-refractivity contribution in [1.29, 1.82) is 0 Å². The molecular formula is C15H12ClN5O. The first kappa shape index (κ1) is 14.2. The number of rotatable bonds is 4. The summed E-state index contributed by atoms with van der Waals surface area (Å²) in [6.07, 6.45) is 0. The van der Waals surface area contributed by atoms with Crippen molar-refractivity contribution >= 4 is 17.5 Å². The molecule has 0 aliphatic carbocycles. The number of halogens is 1. The molecule has 1 aromatic heterocycles. The summed E-state index contributed by atoms with van der Waals surface area (Å²) in [5, 5.41) is 15.0. The summed E-state index contributed by atoms with van der Waals surface area (Å²) < 4.78 is 0. The lowest BCUT2D eigenvalue weighted by atomic mass is 10.2. The fraction of sp³-hybridized carbons (Fsp3) is 0.0667. The van der Waals surface area contributed by atoms with Gasteiger partial charge in [-0.05, 0) is 29.0 Å². The Bertz CT molecular complexity index is 787. The third-order valence-corrected chi connectivity index (χ3v) is 3.37. The van der Waals surface area contributed by atoms with Crippen LogP contribution in [-0.2, 0) is 6.54 Å². The normalized spacial score (nSPS) is 10.4. The van der Waals surface area contributed by atoms with Crippen LogP contribution >= 0.6 is 11.6 Å². The molecule has 0 unspecified atom stereocenters. The van der Waals surface area contributed by atoms with E-state index in [1.165, 1.54) is 4.80 Å². The number of nitrogens with one attached hydrogen (secondary N) is 1. The van der Waals surface area contributed by atoms with Crippen molar-refractivity contribution in [1.82, 2.24) is 25.5 Å². The second kappa shape index (κ2) is 6.36. The van der Waals surface area contributed by atoms with Gasteiger partial charge in [0.15, 0.2) is 0 Å². The molecular weight excluding hydrogens is 302 g/mol. The van der Waals surface area contributed by atoms with Crippen LogP contribution in [-0.4, -0.2) is 26.1 Å². The van der Waals surface area contributed by atoms with Crippen molar-refractivity contribution in [2.75, 3.05) is 0 Å². The quantitative estimate of drug-likeness (QED) is 0.802. The maximum absolute atomic E-state index is 12.0. The second-order valence-corrected chi connectivity index (χ2v) is 4.92. The molecule has 2 aromatic carbocycles. The van der Waals surface area contributed by atoms with E-state index in [0.29, 0.717) is 11.6 Å². The van der Waals surface area contributed by atoms with E-state index in [2.05, 4.69) is 20.7 Å². The number of tetrazole rings is 1. The van der Waals surface area contributed by atoms with E-state index in [0.717, 1.165) is 11.3 Å². The van der Waals surface area contributed by atoms with Gasteiger partial charge < -0.3 is 5.32 Å². The van der Waals surface area contributed by atoms with Crippen LogP contribution in [0, 0.1) is 0 Å². The molecule has 7 heteroatoms. The number of carbonyl (C=O) groups is 1. The van der Waals surface area contributed by atoms with Gasteiger partial charge in [0.2, 0.25) is 0 Å². The molecule has 6 nitrogen and oxygen atoms in total. The molecule has 22 heavy (non-hydrogen) atoms. The van der Waals surface area contributed by atoms with E-state index in [-0.39, 0.29) is 5.82 Å². The maximum atomic E-state index is 12.0. The third-order valence-electron chi connectivity index (χ3n) is 3.00. The molecule has 0 spiro atoms. The number of para-hydroxylation sites is 1. The lowest BCUT2D eigenvalue weighted by molar-refractivity contribution is 0.0940. The number of aromatic nitrogens is 4. The van der Waals surface area contributed by atoms with E-state index >= 15 is 0 Å². The van der Waals surface area contributed by atoms with Crippen LogP contribution in [0.4, 0.5) is 0 Å². The Morgan fingerprint density at radius 3 is 2.59 bits per heavy atom. The summed E-state index contributed by atoms with van der Waals surface area (Å²) in [6.45, 7) is 0.304. The van der Waals surface area contributed by atoms with Gasteiger partial charge in [0.05, 0.1) is 5.69 Å². The van der Waals surface area contributed by atoms with E-state index in [9.17, 15) is 4.79 Å². The van der Waals surface area contributed by atoms with E-state index in [4.69, 9.17) is 11.6 Å². The highest BCUT2D eigenvalue weighted by atomic mass is 35.5. The monoisotopic (exact) mass is 313 g/mol. The largest absolute Gasteiger partial charge is 0.345 e. The van der Waals surface area contributed by atoms with Crippen molar-refractivity contribution in [3.8, 4) is 5.69 Å². The first-order chi connectivity index (χ1) is 10.7. The maximum Gasteiger partial charge on any atom is 0.293 e. The third kappa shape index (κ3) is 3.12. The molecule has 1 N–H and O–H groups in total. The molecule has 0 fully saturated rings. The molecule has 1 heterocycles. The molecule has 0 radical (unpaired) electrons. The molecule has 0 saturated heterocycles. The van der Waals surface area contributed by atoms with Gasteiger partial charge in [0, 0.05) is 11.6 Å². The zero-order chi connectivity index (χ0) is 15.4. The van der Waals surface area contributed by atoms with Crippen LogP contribution in [0.1, 0.15) is 16.2 Å². The number of nitrogens with zero attached hydrogens (tertiary/aromatic N) is 4. The van der Waals surface area contributed by atoms with Gasteiger partial charge in [-0.1, -0.05) is 48.0 Å². The van der Waals surface area contributed by atoms with Crippen LogP contribution in [0.15, 0.2) is 54.6 Å². The first-order valence-corrected chi connectivity index (χ1v) is 6.99.